The zero-order valence-electron chi connectivity index (χ0n) is 8.75. The van der Waals surface area contributed by atoms with Crippen LogP contribution in [0.2, 0.25) is 0 Å². The van der Waals surface area contributed by atoms with Crippen LogP contribution in [0.3, 0.4) is 0 Å². The number of benzene rings is 1. The maximum atomic E-state index is 10.1. The number of aliphatic hydroxyl groups is 1. The van der Waals surface area contributed by atoms with Crippen LogP contribution in [-0.2, 0) is 5.60 Å². The van der Waals surface area contributed by atoms with Gasteiger partial charge < -0.3 is 14.6 Å². The number of fused-ring (bicyclic) bond motifs is 1. The standard InChI is InChI=1S/C12H14O3/c1-8-6-9(12(13)2-3-12)11-10(7-8)14-4-5-15-11/h6-7,13H,2-5H2,1H3. The van der Waals surface area contributed by atoms with Gasteiger partial charge in [0.25, 0.3) is 0 Å². The van der Waals surface area contributed by atoms with Crippen molar-refractivity contribution in [2.45, 2.75) is 25.4 Å². The Bertz CT molecular complexity index is 408. The van der Waals surface area contributed by atoms with Crippen LogP contribution >= 0.6 is 0 Å². The molecule has 3 heteroatoms. The molecule has 0 aromatic heterocycles. The van der Waals surface area contributed by atoms with Crippen LogP contribution in [0.5, 0.6) is 11.5 Å². The molecular formula is C12H14O3. The van der Waals surface area contributed by atoms with Crippen LogP contribution in [0, 0.1) is 6.92 Å². The fourth-order valence-electron chi connectivity index (χ4n) is 2.02. The molecule has 2 aliphatic rings. The minimum atomic E-state index is -0.656. The minimum absolute atomic E-state index is 0.569. The van der Waals surface area contributed by atoms with E-state index in [1.54, 1.807) is 0 Å². The second-order valence-corrected chi connectivity index (χ2v) is 4.37. The van der Waals surface area contributed by atoms with Crippen molar-refractivity contribution in [3.05, 3.63) is 23.3 Å². The molecule has 1 aromatic rings. The highest BCUT2D eigenvalue weighted by molar-refractivity contribution is 5.53. The topological polar surface area (TPSA) is 38.7 Å². The highest BCUT2D eigenvalue weighted by Gasteiger charge is 2.45. The molecule has 3 nitrogen and oxygen atoms in total. The van der Waals surface area contributed by atoms with Crippen LogP contribution < -0.4 is 9.47 Å². The fraction of sp³-hybridized carbons (Fsp3) is 0.500. The summed E-state index contributed by atoms with van der Waals surface area (Å²) in [6.07, 6.45) is 1.65. The van der Waals surface area contributed by atoms with Crippen molar-refractivity contribution in [2.75, 3.05) is 13.2 Å². The summed E-state index contributed by atoms with van der Waals surface area (Å²) in [5.74, 6) is 1.52. The lowest BCUT2D eigenvalue weighted by atomic mass is 10.0. The summed E-state index contributed by atoms with van der Waals surface area (Å²) in [6, 6.07) is 3.96. The lowest BCUT2D eigenvalue weighted by Gasteiger charge is -2.23. The number of hydrogen-bond donors (Lipinski definition) is 1. The van der Waals surface area contributed by atoms with Crippen molar-refractivity contribution in [3.63, 3.8) is 0 Å². The Morgan fingerprint density at radius 2 is 1.93 bits per heavy atom. The normalized spacial score (nSPS) is 21.2. The molecule has 0 saturated heterocycles. The van der Waals surface area contributed by atoms with E-state index in [0.717, 1.165) is 35.5 Å². The molecule has 1 fully saturated rings. The summed E-state index contributed by atoms with van der Waals surface area (Å²) >= 11 is 0. The molecule has 3 rings (SSSR count). The average Bonchev–Trinajstić information content (AvgIpc) is 2.96. The predicted molar refractivity (Wildman–Crippen MR) is 55.3 cm³/mol. The van der Waals surface area contributed by atoms with E-state index in [4.69, 9.17) is 9.47 Å². The Morgan fingerprint density at radius 1 is 1.20 bits per heavy atom. The van der Waals surface area contributed by atoms with E-state index in [9.17, 15) is 5.11 Å². The Kier molecular flexibility index (Phi) is 1.74. The lowest BCUT2D eigenvalue weighted by molar-refractivity contribution is 0.130. The van der Waals surface area contributed by atoms with Crippen molar-refractivity contribution in [1.29, 1.82) is 0 Å². The Balaban J connectivity index is 2.15. The van der Waals surface area contributed by atoms with Crippen LogP contribution in [0.4, 0.5) is 0 Å². The molecular weight excluding hydrogens is 192 g/mol. The molecule has 80 valence electrons. The third-order valence-electron chi connectivity index (χ3n) is 3.01. The molecule has 1 heterocycles. The number of ether oxygens (including phenoxy) is 2. The summed E-state index contributed by atoms with van der Waals surface area (Å²) in [7, 11) is 0. The van der Waals surface area contributed by atoms with Gasteiger partial charge in [-0.05, 0) is 37.5 Å². The van der Waals surface area contributed by atoms with Gasteiger partial charge in [-0.1, -0.05) is 0 Å². The summed E-state index contributed by atoms with van der Waals surface area (Å²) in [6.45, 7) is 3.17. The van der Waals surface area contributed by atoms with E-state index in [2.05, 4.69) is 0 Å². The van der Waals surface area contributed by atoms with Gasteiger partial charge in [0.05, 0.1) is 5.60 Å². The van der Waals surface area contributed by atoms with Gasteiger partial charge in [0, 0.05) is 5.56 Å². The molecule has 1 saturated carbocycles. The van der Waals surface area contributed by atoms with Gasteiger partial charge in [-0.25, -0.2) is 0 Å². The van der Waals surface area contributed by atoms with Gasteiger partial charge in [0.1, 0.15) is 13.2 Å². The van der Waals surface area contributed by atoms with Crippen LogP contribution in [0.15, 0.2) is 12.1 Å². The molecule has 1 aliphatic heterocycles. The van der Waals surface area contributed by atoms with E-state index in [0.29, 0.717) is 13.2 Å². The number of hydrogen-bond acceptors (Lipinski definition) is 3. The van der Waals surface area contributed by atoms with Crippen LogP contribution in [0.1, 0.15) is 24.0 Å². The second-order valence-electron chi connectivity index (χ2n) is 4.37. The minimum Gasteiger partial charge on any atom is -0.486 e. The SMILES string of the molecule is Cc1cc2c(c(C3(O)CC3)c1)OCCO2. The average molecular weight is 206 g/mol. The summed E-state index contributed by atoms with van der Waals surface area (Å²) in [4.78, 5) is 0. The maximum Gasteiger partial charge on any atom is 0.167 e. The van der Waals surface area contributed by atoms with Crippen molar-refractivity contribution in [1.82, 2.24) is 0 Å². The van der Waals surface area contributed by atoms with Gasteiger partial charge in [0.15, 0.2) is 11.5 Å². The first-order valence-corrected chi connectivity index (χ1v) is 5.32. The first-order chi connectivity index (χ1) is 7.19. The maximum absolute atomic E-state index is 10.1. The largest absolute Gasteiger partial charge is 0.486 e. The molecule has 1 aliphatic carbocycles. The first kappa shape index (κ1) is 9.04. The third kappa shape index (κ3) is 1.38. The monoisotopic (exact) mass is 206 g/mol. The Morgan fingerprint density at radius 3 is 2.67 bits per heavy atom. The van der Waals surface area contributed by atoms with Crippen molar-refractivity contribution in [2.24, 2.45) is 0 Å². The van der Waals surface area contributed by atoms with Gasteiger partial charge >= 0.3 is 0 Å². The Hall–Kier alpha value is -1.22. The first-order valence-electron chi connectivity index (χ1n) is 5.32. The van der Waals surface area contributed by atoms with Gasteiger partial charge in [-0.3, -0.25) is 0 Å². The van der Waals surface area contributed by atoms with Crippen molar-refractivity contribution in [3.8, 4) is 11.5 Å². The smallest absolute Gasteiger partial charge is 0.167 e. The molecule has 0 amide bonds. The van der Waals surface area contributed by atoms with E-state index >= 15 is 0 Å². The Labute approximate surface area is 88.6 Å². The zero-order valence-corrected chi connectivity index (χ0v) is 8.75. The van der Waals surface area contributed by atoms with Crippen LogP contribution in [0.25, 0.3) is 0 Å². The van der Waals surface area contributed by atoms with Crippen LogP contribution in [-0.4, -0.2) is 18.3 Å². The molecule has 1 aromatic carbocycles. The van der Waals surface area contributed by atoms with E-state index in [1.807, 2.05) is 19.1 Å². The van der Waals surface area contributed by atoms with Crippen molar-refractivity contribution >= 4 is 0 Å². The third-order valence-corrected chi connectivity index (χ3v) is 3.01. The molecule has 0 atom stereocenters. The molecule has 15 heavy (non-hydrogen) atoms. The highest BCUT2D eigenvalue weighted by atomic mass is 16.6. The summed E-state index contributed by atoms with van der Waals surface area (Å²) in [5, 5.41) is 10.1. The van der Waals surface area contributed by atoms with Gasteiger partial charge in [-0.2, -0.15) is 0 Å². The molecule has 0 unspecified atom stereocenters. The summed E-state index contributed by atoms with van der Waals surface area (Å²) < 4.78 is 11.1. The molecule has 0 spiro atoms. The lowest BCUT2D eigenvalue weighted by Crippen LogP contribution is -2.19. The van der Waals surface area contributed by atoms with Gasteiger partial charge in [0.2, 0.25) is 0 Å². The highest BCUT2D eigenvalue weighted by Crippen LogP contribution is 2.52. The van der Waals surface area contributed by atoms with E-state index in [1.165, 1.54) is 0 Å². The summed E-state index contributed by atoms with van der Waals surface area (Å²) in [5.41, 5.74) is 1.35. The predicted octanol–water partition coefficient (Wildman–Crippen LogP) is 1.75. The van der Waals surface area contributed by atoms with Crippen molar-refractivity contribution < 1.29 is 14.6 Å². The molecule has 0 bridgehead atoms. The zero-order chi connectivity index (χ0) is 10.5. The fourth-order valence-corrected chi connectivity index (χ4v) is 2.02. The van der Waals surface area contributed by atoms with Gasteiger partial charge in [-0.15, -0.1) is 0 Å². The van der Waals surface area contributed by atoms with E-state index in [-0.39, 0.29) is 0 Å². The number of rotatable bonds is 1. The second kappa shape index (κ2) is 2.89. The molecule has 0 radical (unpaired) electrons. The quantitative estimate of drug-likeness (QED) is 0.760. The molecule has 1 N–H and O–H groups in total. The number of aryl methyl sites for hydroxylation is 1. The van der Waals surface area contributed by atoms with E-state index < -0.39 is 5.60 Å².